The fraction of sp³-hybridized carbons (Fsp3) is 0.480. The first-order chi connectivity index (χ1) is 16.6. The average molecular weight is 498 g/mol. The van der Waals surface area contributed by atoms with Gasteiger partial charge in [0.2, 0.25) is 5.95 Å². The second-order valence-corrected chi connectivity index (χ2v) is 11.7. The molecule has 2 N–H and O–H groups in total. The lowest BCUT2D eigenvalue weighted by Crippen LogP contribution is -2.44. The van der Waals surface area contributed by atoms with Crippen LogP contribution in [0.3, 0.4) is 0 Å². The number of aryl methyl sites for hydroxylation is 2. The largest absolute Gasteiger partial charge is 0.322 e. The number of hydrogen-bond acceptors (Lipinski definition) is 7. The Hall–Kier alpha value is -2.82. The monoisotopic (exact) mass is 497 g/mol. The fourth-order valence-corrected chi connectivity index (χ4v) is 5.90. The minimum atomic E-state index is -3.75. The number of rotatable bonds is 7. The normalized spacial score (nSPS) is 15.8. The summed E-state index contributed by atoms with van der Waals surface area (Å²) in [5, 5.41) is 10.1. The molecular weight excluding hydrogens is 462 g/mol. The van der Waals surface area contributed by atoms with Crippen LogP contribution in [-0.2, 0) is 10.0 Å². The zero-order valence-corrected chi connectivity index (χ0v) is 22.1. The predicted molar refractivity (Wildman–Crippen MR) is 138 cm³/mol. The van der Waals surface area contributed by atoms with Gasteiger partial charge in [-0.1, -0.05) is 25.5 Å². The van der Waals surface area contributed by atoms with Gasteiger partial charge in [-0.3, -0.25) is 4.98 Å². The Labute approximate surface area is 208 Å². The number of hydrogen-bond donors (Lipinski definition) is 2. The van der Waals surface area contributed by atoms with E-state index in [4.69, 9.17) is 0 Å². The van der Waals surface area contributed by atoms with Crippen molar-refractivity contribution in [2.75, 3.05) is 32.5 Å². The molecule has 0 amide bonds. The van der Waals surface area contributed by atoms with Gasteiger partial charge in [0.05, 0.1) is 5.69 Å². The molecule has 35 heavy (non-hydrogen) atoms. The van der Waals surface area contributed by atoms with E-state index in [1.54, 1.807) is 6.20 Å². The summed E-state index contributed by atoms with van der Waals surface area (Å²) >= 11 is 0. The maximum absolute atomic E-state index is 13.2. The first-order valence-electron chi connectivity index (χ1n) is 12.0. The number of benzene rings is 1. The quantitative estimate of drug-likeness (QED) is 0.507. The molecule has 0 spiro atoms. The SMILES string of the molecule is Cc1cc(-c2ccnc(C)c2)c(Nc2n[nH]c(S(=O)(=O)N3CCC(N(C)C)CC3)n2)c(C(C)C)c1. The number of pyridine rings is 1. The van der Waals surface area contributed by atoms with E-state index in [2.05, 4.69) is 63.3 Å². The van der Waals surface area contributed by atoms with Gasteiger partial charge in [-0.2, -0.15) is 9.29 Å². The summed E-state index contributed by atoms with van der Waals surface area (Å²) in [6.07, 6.45) is 3.38. The summed E-state index contributed by atoms with van der Waals surface area (Å²) in [7, 11) is 0.312. The van der Waals surface area contributed by atoms with Crippen molar-refractivity contribution in [3.63, 3.8) is 0 Å². The van der Waals surface area contributed by atoms with Crippen LogP contribution >= 0.6 is 0 Å². The Balaban J connectivity index is 1.65. The molecule has 10 heteroatoms. The first-order valence-corrected chi connectivity index (χ1v) is 13.4. The van der Waals surface area contributed by atoms with Crippen LogP contribution in [0, 0.1) is 13.8 Å². The highest BCUT2D eigenvalue weighted by atomic mass is 32.2. The van der Waals surface area contributed by atoms with Crippen LogP contribution < -0.4 is 5.32 Å². The molecule has 0 saturated carbocycles. The van der Waals surface area contributed by atoms with Crippen LogP contribution in [0.5, 0.6) is 0 Å². The summed E-state index contributed by atoms with van der Waals surface area (Å²) < 4.78 is 27.9. The molecular formula is C25H35N7O2S. The molecule has 0 bridgehead atoms. The van der Waals surface area contributed by atoms with Crippen LogP contribution in [0.15, 0.2) is 35.6 Å². The Bertz CT molecular complexity index is 1290. The van der Waals surface area contributed by atoms with Crippen LogP contribution in [0.2, 0.25) is 0 Å². The summed E-state index contributed by atoms with van der Waals surface area (Å²) in [4.78, 5) is 10.8. The van der Waals surface area contributed by atoms with Gasteiger partial charge >= 0.3 is 0 Å². The van der Waals surface area contributed by atoms with Crippen molar-refractivity contribution in [2.45, 2.75) is 57.7 Å². The lowest BCUT2D eigenvalue weighted by atomic mass is 9.92. The molecule has 0 unspecified atom stereocenters. The van der Waals surface area contributed by atoms with Crippen molar-refractivity contribution in [2.24, 2.45) is 0 Å². The van der Waals surface area contributed by atoms with Gasteiger partial charge in [-0.25, -0.2) is 13.5 Å². The van der Waals surface area contributed by atoms with E-state index in [0.29, 0.717) is 19.1 Å². The molecule has 0 radical (unpaired) electrons. The number of H-pyrrole nitrogens is 1. The van der Waals surface area contributed by atoms with Gasteiger partial charge in [0.1, 0.15) is 0 Å². The van der Waals surface area contributed by atoms with E-state index in [9.17, 15) is 8.42 Å². The van der Waals surface area contributed by atoms with Gasteiger partial charge in [0.25, 0.3) is 15.2 Å². The highest BCUT2D eigenvalue weighted by Crippen LogP contribution is 2.37. The number of aromatic amines is 1. The minimum absolute atomic E-state index is 0.136. The Morgan fingerprint density at radius 2 is 1.86 bits per heavy atom. The van der Waals surface area contributed by atoms with Crippen LogP contribution in [0.25, 0.3) is 11.1 Å². The Morgan fingerprint density at radius 3 is 2.49 bits per heavy atom. The summed E-state index contributed by atoms with van der Waals surface area (Å²) in [5.74, 6) is 0.462. The summed E-state index contributed by atoms with van der Waals surface area (Å²) in [6, 6.07) is 8.66. The molecule has 3 aromatic rings. The van der Waals surface area contributed by atoms with E-state index in [-0.39, 0.29) is 17.0 Å². The Kier molecular flexibility index (Phi) is 7.25. The molecule has 188 valence electrons. The molecule has 1 fully saturated rings. The second-order valence-electron chi connectivity index (χ2n) is 9.81. The molecule has 1 aromatic carbocycles. The van der Waals surface area contributed by atoms with E-state index < -0.39 is 10.0 Å². The molecule has 9 nitrogen and oxygen atoms in total. The average Bonchev–Trinajstić information content (AvgIpc) is 3.29. The molecule has 0 aliphatic carbocycles. The Morgan fingerprint density at radius 1 is 1.14 bits per heavy atom. The molecule has 1 saturated heterocycles. The number of anilines is 2. The van der Waals surface area contributed by atoms with Gasteiger partial charge in [-0.05, 0) is 76.0 Å². The second kappa shape index (κ2) is 10.0. The molecule has 3 heterocycles. The van der Waals surface area contributed by atoms with Crippen molar-refractivity contribution in [1.82, 2.24) is 29.4 Å². The predicted octanol–water partition coefficient (Wildman–Crippen LogP) is 4.07. The number of aromatic nitrogens is 4. The standard InChI is InChI=1S/C25H35N7O2S/c1-16(2)21-13-17(3)14-22(19-7-10-26-18(4)15-19)23(21)27-24-28-25(30-29-24)35(33,34)32-11-8-20(9-12-32)31(5)6/h7,10,13-16,20H,8-9,11-12H2,1-6H3,(H2,27,28,29,30). The third kappa shape index (κ3) is 5.39. The van der Waals surface area contributed by atoms with E-state index >= 15 is 0 Å². The summed E-state index contributed by atoms with van der Waals surface area (Å²) in [5.41, 5.74) is 6.06. The smallest absolute Gasteiger partial charge is 0.278 e. The van der Waals surface area contributed by atoms with Crippen molar-refractivity contribution in [3.05, 3.63) is 47.3 Å². The number of piperidine rings is 1. The summed E-state index contributed by atoms with van der Waals surface area (Å²) in [6.45, 7) is 9.23. The van der Waals surface area contributed by atoms with Crippen molar-refractivity contribution in [1.29, 1.82) is 0 Å². The third-order valence-electron chi connectivity index (χ3n) is 6.58. The van der Waals surface area contributed by atoms with Crippen LogP contribution in [0.4, 0.5) is 11.6 Å². The van der Waals surface area contributed by atoms with Crippen molar-refractivity contribution in [3.8, 4) is 11.1 Å². The third-order valence-corrected chi connectivity index (χ3v) is 8.30. The highest BCUT2D eigenvalue weighted by Gasteiger charge is 2.32. The molecule has 0 atom stereocenters. The zero-order chi connectivity index (χ0) is 25.3. The van der Waals surface area contributed by atoms with Gasteiger partial charge < -0.3 is 10.2 Å². The van der Waals surface area contributed by atoms with E-state index in [1.807, 2.05) is 33.2 Å². The topological polar surface area (TPSA) is 107 Å². The minimum Gasteiger partial charge on any atom is -0.322 e. The molecule has 1 aliphatic rings. The molecule has 2 aromatic heterocycles. The maximum Gasteiger partial charge on any atom is 0.278 e. The number of nitrogens with one attached hydrogen (secondary N) is 2. The van der Waals surface area contributed by atoms with Gasteiger partial charge in [0.15, 0.2) is 0 Å². The van der Waals surface area contributed by atoms with Crippen LogP contribution in [0.1, 0.15) is 49.4 Å². The number of nitrogens with zero attached hydrogens (tertiary/aromatic N) is 5. The van der Waals surface area contributed by atoms with Gasteiger partial charge in [0, 0.05) is 36.6 Å². The number of sulfonamides is 1. The van der Waals surface area contributed by atoms with E-state index in [0.717, 1.165) is 46.5 Å². The zero-order valence-electron chi connectivity index (χ0n) is 21.3. The lowest BCUT2D eigenvalue weighted by Gasteiger charge is -2.33. The maximum atomic E-state index is 13.2. The molecule has 4 rings (SSSR count). The lowest BCUT2D eigenvalue weighted by molar-refractivity contribution is 0.196. The van der Waals surface area contributed by atoms with Crippen molar-refractivity contribution >= 4 is 21.7 Å². The molecule has 1 aliphatic heterocycles. The van der Waals surface area contributed by atoms with Crippen LogP contribution in [-0.4, -0.2) is 71.0 Å². The fourth-order valence-electron chi connectivity index (χ4n) is 4.60. The van der Waals surface area contributed by atoms with Gasteiger partial charge in [-0.15, -0.1) is 5.10 Å². The van der Waals surface area contributed by atoms with Crippen molar-refractivity contribution < 1.29 is 8.42 Å². The van der Waals surface area contributed by atoms with E-state index in [1.165, 1.54) is 4.31 Å². The highest BCUT2D eigenvalue weighted by molar-refractivity contribution is 7.88. The first kappa shape index (κ1) is 25.3.